The number of carbonyl (C=O) groups excluding carboxylic acids is 2. The van der Waals surface area contributed by atoms with E-state index in [1.54, 1.807) is 13.8 Å². The number of hydrogen-bond donors (Lipinski definition) is 4. The van der Waals surface area contributed by atoms with Gasteiger partial charge in [-0.05, 0) is 14.1 Å². The molecular weight excluding hydrogens is 250 g/mol. The van der Waals surface area contributed by atoms with Gasteiger partial charge in [0.25, 0.3) is 0 Å². The molecule has 0 radical (unpaired) electrons. The van der Waals surface area contributed by atoms with E-state index in [9.17, 15) is 14.7 Å². The van der Waals surface area contributed by atoms with E-state index in [1.165, 1.54) is 0 Å². The van der Waals surface area contributed by atoms with Crippen molar-refractivity contribution in [3.63, 3.8) is 0 Å². The van der Waals surface area contributed by atoms with Crippen molar-refractivity contribution >= 4 is 11.8 Å². The summed E-state index contributed by atoms with van der Waals surface area (Å²) in [7, 11) is 3.78. The molecule has 0 aliphatic carbocycles. The van der Waals surface area contributed by atoms with Gasteiger partial charge in [-0.3, -0.25) is 9.59 Å². The summed E-state index contributed by atoms with van der Waals surface area (Å²) in [6.07, 6.45) is -1.35. The summed E-state index contributed by atoms with van der Waals surface area (Å²) in [4.78, 5) is 24.9. The Labute approximate surface area is 114 Å². The number of carbonyl (C=O) groups is 2. The van der Waals surface area contributed by atoms with Gasteiger partial charge in [0.15, 0.2) is 0 Å². The second-order valence-electron chi connectivity index (χ2n) is 5.42. The fourth-order valence-electron chi connectivity index (χ4n) is 1.19. The van der Waals surface area contributed by atoms with E-state index in [1.807, 2.05) is 19.0 Å². The van der Waals surface area contributed by atoms with Gasteiger partial charge < -0.3 is 25.7 Å². The Morgan fingerprint density at radius 3 is 2.32 bits per heavy atom. The van der Waals surface area contributed by atoms with Gasteiger partial charge in [0, 0.05) is 18.5 Å². The largest absolute Gasteiger partial charge is 0.396 e. The minimum atomic E-state index is -1.35. The van der Waals surface area contributed by atoms with Gasteiger partial charge in [-0.1, -0.05) is 13.8 Å². The van der Waals surface area contributed by atoms with Crippen LogP contribution in [0.1, 0.15) is 13.8 Å². The van der Waals surface area contributed by atoms with Crippen LogP contribution in [-0.4, -0.2) is 73.4 Å². The molecule has 2 amide bonds. The molecule has 0 saturated carbocycles. The van der Waals surface area contributed by atoms with Crippen molar-refractivity contribution in [1.82, 2.24) is 15.5 Å². The van der Waals surface area contributed by atoms with E-state index in [2.05, 4.69) is 10.6 Å². The maximum Gasteiger partial charge on any atom is 0.249 e. The molecule has 0 aromatic carbocycles. The van der Waals surface area contributed by atoms with Crippen LogP contribution < -0.4 is 10.6 Å². The molecule has 0 aliphatic heterocycles. The van der Waals surface area contributed by atoms with E-state index in [4.69, 9.17) is 5.11 Å². The van der Waals surface area contributed by atoms with Gasteiger partial charge in [-0.25, -0.2) is 0 Å². The minimum Gasteiger partial charge on any atom is -0.396 e. The first-order valence-electron chi connectivity index (χ1n) is 6.18. The number of rotatable bonds is 8. The highest BCUT2D eigenvalue weighted by molar-refractivity contribution is 5.87. The standard InChI is InChI=1S/C12H25N3O4/c1-12(2,8-16)10(18)11(19)14-7-9(17)13-5-6-15(3)4/h10,16,18H,5-8H2,1-4H3,(H,13,17)(H,14,19)/t10-/m0/s1. The van der Waals surface area contributed by atoms with Gasteiger partial charge in [-0.15, -0.1) is 0 Å². The van der Waals surface area contributed by atoms with Crippen molar-refractivity contribution in [3.8, 4) is 0 Å². The smallest absolute Gasteiger partial charge is 0.249 e. The van der Waals surface area contributed by atoms with E-state index >= 15 is 0 Å². The van der Waals surface area contributed by atoms with E-state index in [0.29, 0.717) is 13.1 Å². The Morgan fingerprint density at radius 1 is 1.26 bits per heavy atom. The normalized spacial score (nSPS) is 13.2. The Kier molecular flexibility index (Phi) is 7.58. The second-order valence-corrected chi connectivity index (χ2v) is 5.42. The lowest BCUT2D eigenvalue weighted by atomic mass is 9.87. The summed E-state index contributed by atoms with van der Waals surface area (Å²) in [6.45, 7) is 3.82. The van der Waals surface area contributed by atoms with Crippen LogP contribution in [0.3, 0.4) is 0 Å². The van der Waals surface area contributed by atoms with Crippen LogP contribution >= 0.6 is 0 Å². The molecule has 19 heavy (non-hydrogen) atoms. The molecule has 0 saturated heterocycles. The molecule has 1 atom stereocenters. The molecule has 0 aromatic rings. The average molecular weight is 275 g/mol. The van der Waals surface area contributed by atoms with Gasteiger partial charge in [0.2, 0.25) is 11.8 Å². The lowest BCUT2D eigenvalue weighted by molar-refractivity contribution is -0.138. The predicted octanol–water partition coefficient (Wildman–Crippen LogP) is -1.84. The van der Waals surface area contributed by atoms with Gasteiger partial charge in [0.05, 0.1) is 13.2 Å². The molecular formula is C12H25N3O4. The van der Waals surface area contributed by atoms with Crippen LogP contribution in [0.4, 0.5) is 0 Å². The summed E-state index contributed by atoms with van der Waals surface area (Å²) < 4.78 is 0. The molecule has 0 rings (SSSR count). The number of aliphatic hydroxyl groups excluding tert-OH is 2. The highest BCUT2D eigenvalue weighted by Gasteiger charge is 2.32. The second kappa shape index (κ2) is 8.08. The molecule has 4 N–H and O–H groups in total. The third-order valence-electron chi connectivity index (χ3n) is 2.70. The third-order valence-corrected chi connectivity index (χ3v) is 2.70. The molecule has 112 valence electrons. The summed E-state index contributed by atoms with van der Waals surface area (Å²) in [5, 5.41) is 23.7. The molecule has 0 heterocycles. The zero-order valence-electron chi connectivity index (χ0n) is 12.1. The van der Waals surface area contributed by atoms with Gasteiger partial charge in [0.1, 0.15) is 6.10 Å². The van der Waals surface area contributed by atoms with Crippen molar-refractivity contribution < 1.29 is 19.8 Å². The molecule has 0 spiro atoms. The van der Waals surface area contributed by atoms with Crippen LogP contribution in [0.25, 0.3) is 0 Å². The molecule has 7 nitrogen and oxygen atoms in total. The zero-order valence-corrected chi connectivity index (χ0v) is 12.1. The van der Waals surface area contributed by atoms with Crippen molar-refractivity contribution in [2.24, 2.45) is 5.41 Å². The summed E-state index contributed by atoms with van der Waals surface area (Å²) in [6, 6.07) is 0. The summed E-state index contributed by atoms with van der Waals surface area (Å²) in [5.41, 5.74) is -0.939. The minimum absolute atomic E-state index is 0.190. The van der Waals surface area contributed by atoms with E-state index in [0.717, 1.165) is 0 Å². The Hall–Kier alpha value is -1.18. The molecule has 0 fully saturated rings. The maximum atomic E-state index is 11.6. The number of nitrogens with one attached hydrogen (secondary N) is 2. The fraction of sp³-hybridized carbons (Fsp3) is 0.833. The highest BCUT2D eigenvalue weighted by atomic mass is 16.3. The predicted molar refractivity (Wildman–Crippen MR) is 71.4 cm³/mol. The van der Waals surface area contributed by atoms with Crippen LogP contribution in [0.5, 0.6) is 0 Å². The van der Waals surface area contributed by atoms with Gasteiger partial charge >= 0.3 is 0 Å². The molecule has 7 heteroatoms. The van der Waals surface area contributed by atoms with Crippen LogP contribution in [0.15, 0.2) is 0 Å². The molecule has 0 aliphatic rings. The Balaban J connectivity index is 3.99. The monoisotopic (exact) mass is 275 g/mol. The summed E-state index contributed by atoms with van der Waals surface area (Å²) in [5.74, 6) is -0.981. The fourth-order valence-corrected chi connectivity index (χ4v) is 1.19. The van der Waals surface area contributed by atoms with E-state index < -0.39 is 17.4 Å². The van der Waals surface area contributed by atoms with Gasteiger partial charge in [-0.2, -0.15) is 0 Å². The number of hydrogen-bond acceptors (Lipinski definition) is 5. The first-order valence-corrected chi connectivity index (χ1v) is 6.18. The number of aliphatic hydroxyl groups is 2. The van der Waals surface area contributed by atoms with Crippen LogP contribution in [0, 0.1) is 5.41 Å². The molecule has 0 bridgehead atoms. The highest BCUT2D eigenvalue weighted by Crippen LogP contribution is 2.19. The first kappa shape index (κ1) is 17.8. The Morgan fingerprint density at radius 2 is 1.84 bits per heavy atom. The van der Waals surface area contributed by atoms with Crippen LogP contribution in [-0.2, 0) is 9.59 Å². The maximum absolute atomic E-state index is 11.6. The lowest BCUT2D eigenvalue weighted by Crippen LogP contribution is -2.48. The van der Waals surface area contributed by atoms with Crippen molar-refractivity contribution in [3.05, 3.63) is 0 Å². The lowest BCUT2D eigenvalue weighted by Gasteiger charge is -2.27. The topological polar surface area (TPSA) is 102 Å². The number of nitrogens with zero attached hydrogens (tertiary/aromatic N) is 1. The summed E-state index contributed by atoms with van der Waals surface area (Å²) >= 11 is 0. The number of likely N-dealkylation sites (N-methyl/N-ethyl adjacent to an activating group) is 1. The van der Waals surface area contributed by atoms with Crippen molar-refractivity contribution in [2.75, 3.05) is 40.3 Å². The number of amides is 2. The molecule has 0 unspecified atom stereocenters. The van der Waals surface area contributed by atoms with Crippen LogP contribution in [0.2, 0.25) is 0 Å². The quantitative estimate of drug-likeness (QED) is 0.417. The third kappa shape index (κ3) is 7.09. The van der Waals surface area contributed by atoms with Crippen molar-refractivity contribution in [1.29, 1.82) is 0 Å². The Bertz CT molecular complexity index is 305. The average Bonchev–Trinajstić information content (AvgIpc) is 2.34. The first-order chi connectivity index (χ1) is 8.70. The molecule has 0 aromatic heterocycles. The van der Waals surface area contributed by atoms with Crippen molar-refractivity contribution in [2.45, 2.75) is 20.0 Å². The zero-order chi connectivity index (χ0) is 15.1. The van der Waals surface area contributed by atoms with E-state index in [-0.39, 0.29) is 19.1 Å². The SMILES string of the molecule is CN(C)CCNC(=O)CNC(=O)[C@H](O)C(C)(C)CO.